The van der Waals surface area contributed by atoms with Crippen molar-refractivity contribution in [3.8, 4) is 11.6 Å². The molecule has 0 saturated heterocycles. The predicted molar refractivity (Wildman–Crippen MR) is 70.3 cm³/mol. The number of rotatable bonds is 3. The van der Waals surface area contributed by atoms with E-state index in [-0.39, 0.29) is 11.0 Å². The van der Waals surface area contributed by atoms with Crippen LogP contribution in [0.2, 0.25) is 5.02 Å². The molecule has 0 aliphatic carbocycles. The van der Waals surface area contributed by atoms with E-state index >= 15 is 0 Å². The number of halogens is 4. The number of thioether (sulfide) groups is 1. The van der Waals surface area contributed by atoms with Crippen LogP contribution in [0.1, 0.15) is 5.69 Å². The van der Waals surface area contributed by atoms with Crippen LogP contribution in [-0.4, -0.2) is 16.2 Å². The zero-order chi connectivity index (χ0) is 14.8. The molecule has 1 aromatic heterocycles. The summed E-state index contributed by atoms with van der Waals surface area (Å²) in [4.78, 5) is 7.28. The van der Waals surface area contributed by atoms with Crippen molar-refractivity contribution >= 4 is 23.4 Å². The van der Waals surface area contributed by atoms with Crippen molar-refractivity contribution in [2.24, 2.45) is 0 Å². The van der Waals surface area contributed by atoms with Crippen molar-refractivity contribution < 1.29 is 17.9 Å². The van der Waals surface area contributed by atoms with Crippen LogP contribution in [0.4, 0.5) is 13.2 Å². The Morgan fingerprint density at radius 2 is 1.80 bits per heavy atom. The maximum absolute atomic E-state index is 12.7. The van der Waals surface area contributed by atoms with E-state index in [0.717, 1.165) is 17.8 Å². The largest absolute Gasteiger partial charge is 0.439 e. The van der Waals surface area contributed by atoms with Crippen LogP contribution < -0.4 is 4.74 Å². The summed E-state index contributed by atoms with van der Waals surface area (Å²) < 4.78 is 43.4. The summed E-state index contributed by atoms with van der Waals surface area (Å²) in [6, 6.07) is 6.97. The standard InChI is InChI=1S/C12H8ClF3N2OS/c1-20-11-17-9(12(14,15)16)6-10(18-11)19-8-4-2-7(13)3-5-8/h2-6H,1H3. The van der Waals surface area contributed by atoms with Gasteiger partial charge in [-0.15, -0.1) is 0 Å². The number of alkyl halides is 3. The van der Waals surface area contributed by atoms with Crippen LogP contribution >= 0.6 is 23.4 Å². The van der Waals surface area contributed by atoms with Crippen molar-refractivity contribution in [2.75, 3.05) is 6.26 Å². The summed E-state index contributed by atoms with van der Waals surface area (Å²) in [5.74, 6) is 0.173. The predicted octanol–water partition coefficient (Wildman–Crippen LogP) is 4.66. The van der Waals surface area contributed by atoms with E-state index in [2.05, 4.69) is 9.97 Å². The van der Waals surface area contributed by atoms with E-state index in [1.165, 1.54) is 12.1 Å². The molecule has 8 heteroatoms. The minimum atomic E-state index is -4.55. The molecule has 3 nitrogen and oxygen atoms in total. The van der Waals surface area contributed by atoms with Gasteiger partial charge in [-0.2, -0.15) is 18.2 Å². The Hall–Kier alpha value is -1.47. The first-order chi connectivity index (χ1) is 9.38. The van der Waals surface area contributed by atoms with Gasteiger partial charge in [0.2, 0.25) is 5.88 Å². The first-order valence-electron chi connectivity index (χ1n) is 5.32. The minimum Gasteiger partial charge on any atom is -0.439 e. The fourth-order valence-corrected chi connectivity index (χ4v) is 1.81. The molecule has 2 aromatic rings. The van der Waals surface area contributed by atoms with Crippen molar-refractivity contribution in [3.05, 3.63) is 41.0 Å². The van der Waals surface area contributed by atoms with Crippen LogP contribution in [0.5, 0.6) is 11.6 Å². The van der Waals surface area contributed by atoms with Crippen LogP contribution in [0.15, 0.2) is 35.5 Å². The third-order valence-corrected chi connectivity index (χ3v) is 2.99. The van der Waals surface area contributed by atoms with E-state index in [4.69, 9.17) is 16.3 Å². The third-order valence-electron chi connectivity index (χ3n) is 2.19. The molecular weight excluding hydrogens is 313 g/mol. The number of nitrogens with zero attached hydrogens (tertiary/aromatic N) is 2. The molecule has 0 unspecified atom stereocenters. The molecule has 0 fully saturated rings. The first-order valence-corrected chi connectivity index (χ1v) is 6.92. The fourth-order valence-electron chi connectivity index (χ4n) is 1.32. The van der Waals surface area contributed by atoms with E-state index in [1.807, 2.05) is 0 Å². The monoisotopic (exact) mass is 320 g/mol. The van der Waals surface area contributed by atoms with E-state index in [0.29, 0.717) is 10.8 Å². The molecule has 0 radical (unpaired) electrons. The maximum Gasteiger partial charge on any atom is 0.433 e. The molecule has 106 valence electrons. The Morgan fingerprint density at radius 1 is 1.15 bits per heavy atom. The van der Waals surface area contributed by atoms with Crippen molar-refractivity contribution in [1.82, 2.24) is 9.97 Å². The van der Waals surface area contributed by atoms with Gasteiger partial charge in [0.25, 0.3) is 0 Å². The highest BCUT2D eigenvalue weighted by molar-refractivity contribution is 7.98. The zero-order valence-corrected chi connectivity index (χ0v) is 11.7. The molecule has 0 aliphatic heterocycles. The van der Waals surface area contributed by atoms with Crippen LogP contribution in [-0.2, 0) is 6.18 Å². The lowest BCUT2D eigenvalue weighted by atomic mass is 10.3. The van der Waals surface area contributed by atoms with Gasteiger partial charge in [0.15, 0.2) is 10.9 Å². The molecule has 20 heavy (non-hydrogen) atoms. The lowest BCUT2D eigenvalue weighted by molar-refractivity contribution is -0.141. The number of aromatic nitrogens is 2. The molecule has 0 saturated carbocycles. The second kappa shape index (κ2) is 5.88. The molecule has 0 aliphatic rings. The summed E-state index contributed by atoms with van der Waals surface area (Å²) in [5.41, 5.74) is -1.04. The molecular formula is C12H8ClF3N2OS. The van der Waals surface area contributed by atoms with E-state index in [1.54, 1.807) is 18.4 Å². The Bertz CT molecular complexity index is 605. The number of hydrogen-bond acceptors (Lipinski definition) is 4. The smallest absolute Gasteiger partial charge is 0.433 e. The first kappa shape index (κ1) is 14.9. The summed E-state index contributed by atoms with van der Waals surface area (Å²) >= 11 is 6.72. The van der Waals surface area contributed by atoms with Gasteiger partial charge < -0.3 is 4.74 Å². The van der Waals surface area contributed by atoms with Gasteiger partial charge in [-0.25, -0.2) is 4.98 Å². The topological polar surface area (TPSA) is 35.0 Å². The number of hydrogen-bond donors (Lipinski definition) is 0. The zero-order valence-electron chi connectivity index (χ0n) is 10.1. The van der Waals surface area contributed by atoms with E-state index in [9.17, 15) is 13.2 Å². The lowest BCUT2D eigenvalue weighted by Gasteiger charge is -2.10. The molecule has 0 atom stereocenters. The molecule has 0 spiro atoms. The second-order valence-electron chi connectivity index (χ2n) is 3.63. The second-order valence-corrected chi connectivity index (χ2v) is 4.84. The highest BCUT2D eigenvalue weighted by atomic mass is 35.5. The minimum absolute atomic E-state index is 0.0104. The molecule has 1 heterocycles. The molecule has 2 rings (SSSR count). The average molecular weight is 321 g/mol. The molecule has 1 aromatic carbocycles. The summed E-state index contributed by atoms with van der Waals surface area (Å²) in [5, 5.41) is 0.490. The Morgan fingerprint density at radius 3 is 2.35 bits per heavy atom. The van der Waals surface area contributed by atoms with Gasteiger partial charge in [0.1, 0.15) is 5.75 Å². The Labute approximate surface area is 122 Å². The summed E-state index contributed by atoms with van der Waals surface area (Å²) in [6.07, 6.45) is -2.97. The van der Waals surface area contributed by atoms with Crippen molar-refractivity contribution in [3.63, 3.8) is 0 Å². The number of benzene rings is 1. The quantitative estimate of drug-likeness (QED) is 0.608. The summed E-state index contributed by atoms with van der Waals surface area (Å²) in [7, 11) is 0. The average Bonchev–Trinajstić information content (AvgIpc) is 2.40. The van der Waals surface area contributed by atoms with Gasteiger partial charge in [-0.1, -0.05) is 23.4 Å². The highest BCUT2D eigenvalue weighted by Crippen LogP contribution is 2.32. The van der Waals surface area contributed by atoms with Gasteiger partial charge in [-0.05, 0) is 30.5 Å². The van der Waals surface area contributed by atoms with Gasteiger partial charge in [0, 0.05) is 11.1 Å². The molecule has 0 N–H and O–H groups in total. The van der Waals surface area contributed by atoms with Crippen molar-refractivity contribution in [2.45, 2.75) is 11.3 Å². The van der Waals surface area contributed by atoms with Gasteiger partial charge in [0.05, 0.1) is 0 Å². The Balaban J connectivity index is 2.33. The number of ether oxygens (including phenoxy) is 1. The van der Waals surface area contributed by atoms with Crippen LogP contribution in [0, 0.1) is 0 Å². The molecule has 0 bridgehead atoms. The maximum atomic E-state index is 12.7. The Kier molecular flexibility index (Phi) is 4.39. The van der Waals surface area contributed by atoms with E-state index < -0.39 is 11.9 Å². The third kappa shape index (κ3) is 3.77. The van der Waals surface area contributed by atoms with Gasteiger partial charge >= 0.3 is 6.18 Å². The molecule has 0 amide bonds. The normalized spacial score (nSPS) is 11.4. The fraction of sp³-hybridized carbons (Fsp3) is 0.167. The summed E-state index contributed by atoms with van der Waals surface area (Å²) in [6.45, 7) is 0. The van der Waals surface area contributed by atoms with Crippen molar-refractivity contribution in [1.29, 1.82) is 0 Å². The highest BCUT2D eigenvalue weighted by Gasteiger charge is 2.34. The van der Waals surface area contributed by atoms with Gasteiger partial charge in [-0.3, -0.25) is 0 Å². The lowest BCUT2D eigenvalue weighted by Crippen LogP contribution is -2.09. The van der Waals surface area contributed by atoms with Crippen LogP contribution in [0.25, 0.3) is 0 Å². The van der Waals surface area contributed by atoms with Crippen LogP contribution in [0.3, 0.4) is 0 Å². The SMILES string of the molecule is CSc1nc(Oc2ccc(Cl)cc2)cc(C(F)(F)F)n1.